The Morgan fingerprint density at radius 2 is 2.22 bits per heavy atom. The van der Waals surface area contributed by atoms with Gasteiger partial charge in [-0.3, -0.25) is 4.79 Å². The van der Waals surface area contributed by atoms with Crippen molar-refractivity contribution in [3.05, 3.63) is 0 Å². The van der Waals surface area contributed by atoms with E-state index in [-0.39, 0.29) is 13.2 Å². The lowest BCUT2D eigenvalue weighted by Gasteiger charge is -2.27. The van der Waals surface area contributed by atoms with Gasteiger partial charge in [0.2, 0.25) is 0 Å². The molecule has 0 aliphatic carbocycles. The molecule has 0 aromatic rings. The van der Waals surface area contributed by atoms with Crippen LogP contribution >= 0.6 is 0 Å². The molecule has 8 heteroatoms. The van der Waals surface area contributed by atoms with Gasteiger partial charge in [0.25, 0.3) is 6.43 Å². The number of hydrogen-bond donors (Lipinski definition) is 2. The Kier molecular flexibility index (Phi) is 4.44. The van der Waals surface area contributed by atoms with E-state index in [4.69, 9.17) is 9.84 Å². The largest absolute Gasteiger partial charge is 0.481 e. The number of carboxylic acid groups (broad SMARTS) is 1. The predicted molar refractivity (Wildman–Crippen MR) is 57.5 cm³/mol. The van der Waals surface area contributed by atoms with Gasteiger partial charge in [0.1, 0.15) is 5.41 Å². The van der Waals surface area contributed by atoms with Crippen LogP contribution in [0.25, 0.3) is 0 Å². The Bertz CT molecular complexity index is 340. The Morgan fingerprint density at radius 3 is 2.72 bits per heavy atom. The fourth-order valence-corrected chi connectivity index (χ4v) is 1.63. The first kappa shape index (κ1) is 14.6. The highest BCUT2D eigenvalue weighted by Crippen LogP contribution is 2.28. The molecule has 6 nitrogen and oxygen atoms in total. The molecule has 2 N–H and O–H groups in total. The van der Waals surface area contributed by atoms with Crippen molar-refractivity contribution in [3.8, 4) is 0 Å². The number of ether oxygens (including phenoxy) is 1. The van der Waals surface area contributed by atoms with E-state index in [0.717, 1.165) is 4.90 Å². The Morgan fingerprint density at radius 1 is 1.61 bits per heavy atom. The minimum Gasteiger partial charge on any atom is -0.481 e. The van der Waals surface area contributed by atoms with Gasteiger partial charge in [0, 0.05) is 7.05 Å². The van der Waals surface area contributed by atoms with Gasteiger partial charge in [-0.15, -0.1) is 0 Å². The molecule has 18 heavy (non-hydrogen) atoms. The summed E-state index contributed by atoms with van der Waals surface area (Å²) < 4.78 is 29.2. The van der Waals surface area contributed by atoms with Crippen molar-refractivity contribution in [1.29, 1.82) is 0 Å². The number of carboxylic acids is 1. The highest BCUT2D eigenvalue weighted by atomic mass is 19.3. The highest BCUT2D eigenvalue weighted by molar-refractivity contribution is 5.79. The van der Waals surface area contributed by atoms with Crippen molar-refractivity contribution >= 4 is 12.0 Å². The molecule has 2 unspecified atom stereocenters. The number of nitrogens with zero attached hydrogens (tertiary/aromatic N) is 1. The van der Waals surface area contributed by atoms with E-state index in [1.54, 1.807) is 0 Å². The van der Waals surface area contributed by atoms with E-state index in [0.29, 0.717) is 0 Å². The normalized spacial score (nSPS) is 27.3. The maximum absolute atomic E-state index is 12.1. The second kappa shape index (κ2) is 5.47. The summed E-state index contributed by atoms with van der Waals surface area (Å²) in [4.78, 5) is 23.5. The standard InChI is InChI=1S/C10H16F2N2O4/c1-10(8(15)16)5-18-4-6(10)13-9(17)14(2)3-7(11)12/h6-7H,3-5H2,1-2H3,(H,13,17)(H,15,16). The zero-order chi connectivity index (χ0) is 13.9. The molecule has 0 aromatic heterocycles. The molecule has 2 atom stereocenters. The number of rotatable bonds is 4. The van der Waals surface area contributed by atoms with Crippen molar-refractivity contribution in [2.75, 3.05) is 26.8 Å². The van der Waals surface area contributed by atoms with Crippen molar-refractivity contribution in [1.82, 2.24) is 10.2 Å². The lowest BCUT2D eigenvalue weighted by Crippen LogP contribution is -2.53. The molecule has 1 aliphatic rings. The Balaban J connectivity index is 2.61. The molecule has 0 spiro atoms. The summed E-state index contributed by atoms with van der Waals surface area (Å²) in [7, 11) is 1.22. The molecule has 1 rings (SSSR count). The molecule has 1 aliphatic heterocycles. The third-order valence-corrected chi connectivity index (χ3v) is 3.00. The fourth-order valence-electron chi connectivity index (χ4n) is 1.63. The number of urea groups is 1. The van der Waals surface area contributed by atoms with Crippen molar-refractivity contribution in [2.24, 2.45) is 5.41 Å². The van der Waals surface area contributed by atoms with Crippen molar-refractivity contribution in [3.63, 3.8) is 0 Å². The molecule has 2 amide bonds. The van der Waals surface area contributed by atoms with Gasteiger partial charge in [-0.2, -0.15) is 0 Å². The summed E-state index contributed by atoms with van der Waals surface area (Å²) in [5.74, 6) is -1.10. The smallest absolute Gasteiger partial charge is 0.317 e. The second-order valence-electron chi connectivity index (χ2n) is 4.51. The van der Waals surface area contributed by atoms with Gasteiger partial charge in [-0.25, -0.2) is 13.6 Å². The first-order valence-electron chi connectivity index (χ1n) is 5.38. The van der Waals surface area contributed by atoms with Gasteiger partial charge in [-0.05, 0) is 6.92 Å². The molecular formula is C10H16F2N2O4. The van der Waals surface area contributed by atoms with Gasteiger partial charge >= 0.3 is 12.0 Å². The van der Waals surface area contributed by atoms with Gasteiger partial charge in [0.15, 0.2) is 0 Å². The summed E-state index contributed by atoms with van der Waals surface area (Å²) in [6.45, 7) is 0.770. The SMILES string of the molecule is CN(CC(F)F)C(=O)NC1COCC1(C)C(=O)O. The maximum Gasteiger partial charge on any atom is 0.317 e. The van der Waals surface area contributed by atoms with Crippen LogP contribution in [0.4, 0.5) is 13.6 Å². The molecule has 0 radical (unpaired) electrons. The number of halogens is 2. The highest BCUT2D eigenvalue weighted by Gasteiger charge is 2.47. The number of carbonyl (C=O) groups excluding carboxylic acids is 1. The molecule has 104 valence electrons. The van der Waals surface area contributed by atoms with Crippen LogP contribution in [-0.2, 0) is 9.53 Å². The Labute approximate surface area is 103 Å². The lowest BCUT2D eigenvalue weighted by molar-refractivity contribution is -0.148. The van der Waals surface area contributed by atoms with E-state index < -0.39 is 36.4 Å². The van der Waals surface area contributed by atoms with E-state index in [1.165, 1.54) is 14.0 Å². The lowest BCUT2D eigenvalue weighted by atomic mass is 9.85. The molecular weight excluding hydrogens is 250 g/mol. The average molecular weight is 266 g/mol. The van der Waals surface area contributed by atoms with Gasteiger partial charge in [0.05, 0.1) is 25.8 Å². The third kappa shape index (κ3) is 3.06. The topological polar surface area (TPSA) is 78.9 Å². The minimum atomic E-state index is -2.63. The average Bonchev–Trinajstić information content (AvgIpc) is 2.60. The van der Waals surface area contributed by atoms with Crippen LogP contribution in [0.2, 0.25) is 0 Å². The van der Waals surface area contributed by atoms with Gasteiger partial charge in [-0.1, -0.05) is 0 Å². The summed E-state index contributed by atoms with van der Waals surface area (Å²) >= 11 is 0. The zero-order valence-electron chi connectivity index (χ0n) is 10.2. The molecule has 1 heterocycles. The van der Waals surface area contributed by atoms with Crippen LogP contribution in [0, 0.1) is 5.41 Å². The van der Waals surface area contributed by atoms with Crippen LogP contribution in [0.5, 0.6) is 0 Å². The van der Waals surface area contributed by atoms with Crippen molar-refractivity contribution < 1.29 is 28.2 Å². The summed E-state index contributed by atoms with van der Waals surface area (Å²) in [6.07, 6.45) is -2.63. The number of hydrogen-bond acceptors (Lipinski definition) is 3. The molecule has 1 fully saturated rings. The first-order chi connectivity index (χ1) is 8.27. The first-order valence-corrected chi connectivity index (χ1v) is 5.38. The Hall–Kier alpha value is -1.44. The molecule has 0 aromatic carbocycles. The van der Waals surface area contributed by atoms with E-state index in [1.807, 2.05) is 0 Å². The van der Waals surface area contributed by atoms with Crippen LogP contribution in [0.3, 0.4) is 0 Å². The number of alkyl halides is 2. The maximum atomic E-state index is 12.1. The van der Waals surface area contributed by atoms with Crippen LogP contribution in [-0.4, -0.2) is 61.3 Å². The minimum absolute atomic E-state index is 0.0220. The quantitative estimate of drug-likeness (QED) is 0.771. The molecule has 1 saturated heterocycles. The van der Waals surface area contributed by atoms with Crippen LogP contribution in [0.15, 0.2) is 0 Å². The number of nitrogens with one attached hydrogen (secondary N) is 1. The number of amides is 2. The molecule has 0 bridgehead atoms. The van der Waals surface area contributed by atoms with Crippen LogP contribution < -0.4 is 5.32 Å². The van der Waals surface area contributed by atoms with Crippen molar-refractivity contribution in [2.45, 2.75) is 19.4 Å². The summed E-state index contributed by atoms with van der Waals surface area (Å²) in [6, 6.07) is -1.47. The fraction of sp³-hybridized carbons (Fsp3) is 0.800. The summed E-state index contributed by atoms with van der Waals surface area (Å²) in [5, 5.41) is 11.5. The monoisotopic (exact) mass is 266 g/mol. The predicted octanol–water partition coefficient (Wildman–Crippen LogP) is 0.383. The van der Waals surface area contributed by atoms with E-state index >= 15 is 0 Å². The van der Waals surface area contributed by atoms with Crippen LogP contribution in [0.1, 0.15) is 6.92 Å². The second-order valence-corrected chi connectivity index (χ2v) is 4.51. The number of aliphatic carboxylic acids is 1. The third-order valence-electron chi connectivity index (χ3n) is 3.00. The zero-order valence-corrected chi connectivity index (χ0v) is 10.2. The van der Waals surface area contributed by atoms with E-state index in [2.05, 4.69) is 5.32 Å². The summed E-state index contributed by atoms with van der Waals surface area (Å²) in [5.41, 5.74) is -1.23. The van der Waals surface area contributed by atoms with E-state index in [9.17, 15) is 18.4 Å². The number of carbonyl (C=O) groups is 2. The van der Waals surface area contributed by atoms with Gasteiger partial charge < -0.3 is 20.1 Å². The molecule has 0 saturated carbocycles.